The lowest BCUT2D eigenvalue weighted by Gasteiger charge is -2.31. The number of ketones is 1. The molecule has 1 saturated carbocycles. The number of nitrogens with zero attached hydrogens (tertiary/aromatic N) is 2. The van der Waals surface area contributed by atoms with Gasteiger partial charge in [-0.15, -0.1) is 0 Å². The van der Waals surface area contributed by atoms with Crippen molar-refractivity contribution >= 4 is 28.9 Å². The average Bonchev–Trinajstić information content (AvgIpc) is 3.17. The summed E-state index contributed by atoms with van der Waals surface area (Å²) in [5.74, 6) is -2.53. The summed E-state index contributed by atoms with van der Waals surface area (Å²) in [7, 11) is 4.10. The van der Waals surface area contributed by atoms with Crippen LogP contribution in [0.2, 0.25) is 5.02 Å². The minimum atomic E-state index is -1.09. The second-order valence-corrected chi connectivity index (χ2v) is 9.14. The number of hydrogen-bond acceptors (Lipinski definition) is 3. The van der Waals surface area contributed by atoms with Crippen LogP contribution in [0.3, 0.4) is 0 Å². The Balaban J connectivity index is 1.58. The van der Waals surface area contributed by atoms with Gasteiger partial charge in [-0.1, -0.05) is 17.7 Å². The average molecular weight is 464 g/mol. The summed E-state index contributed by atoms with van der Waals surface area (Å²) in [6.07, 6.45) is 4.17. The molecule has 0 amide bonds. The van der Waals surface area contributed by atoms with E-state index in [9.17, 15) is 18.0 Å². The normalized spacial score (nSPS) is 21.7. The highest BCUT2D eigenvalue weighted by molar-refractivity contribution is 6.30. The molecule has 4 nitrogen and oxygen atoms in total. The summed E-state index contributed by atoms with van der Waals surface area (Å²) in [5.41, 5.74) is 0.980. The number of Topliss-reactive ketones (excluding diaryl/α,β-unsaturated/α-hetero) is 1. The Bertz CT molecular complexity index is 1090. The molecule has 0 aromatic heterocycles. The molecule has 2 aromatic rings. The molecule has 1 fully saturated rings. The molecule has 0 spiro atoms. The zero-order valence-electron chi connectivity index (χ0n) is 18.0. The van der Waals surface area contributed by atoms with Crippen molar-refractivity contribution in [2.75, 3.05) is 19.4 Å². The first-order valence-electron chi connectivity index (χ1n) is 10.7. The van der Waals surface area contributed by atoms with Gasteiger partial charge in [0.25, 0.3) is 0 Å². The summed E-state index contributed by atoms with van der Waals surface area (Å²) in [6.45, 7) is 0. The number of rotatable bonds is 5. The fourth-order valence-electron chi connectivity index (χ4n) is 4.54. The standard InChI is InChI=1S/C24H25ClF3N3O/c1-31(2)15-5-3-4-14(10-15)29-22-12-17-16(11-20(27)23(28)24(17)30-22)21(32)9-13-6-7-19(26)18(25)8-13/h6-8,11,14-15H,3-5,9-10,12H2,1-2H3,(H,29,30). The van der Waals surface area contributed by atoms with Crippen LogP contribution in [0.4, 0.5) is 18.9 Å². The predicted octanol–water partition coefficient (Wildman–Crippen LogP) is 5.42. The number of carbonyl (C=O) groups is 1. The summed E-state index contributed by atoms with van der Waals surface area (Å²) in [6, 6.07) is 5.48. The monoisotopic (exact) mass is 463 g/mol. The molecule has 1 aliphatic carbocycles. The summed E-state index contributed by atoms with van der Waals surface area (Å²) < 4.78 is 42.2. The van der Waals surface area contributed by atoms with Gasteiger partial charge in [0.15, 0.2) is 17.4 Å². The summed E-state index contributed by atoms with van der Waals surface area (Å²) in [5, 5.41) is 2.82. The number of benzene rings is 2. The van der Waals surface area contributed by atoms with Crippen molar-refractivity contribution < 1.29 is 18.0 Å². The maximum atomic E-state index is 14.5. The van der Waals surface area contributed by atoms with E-state index in [0.29, 0.717) is 23.0 Å². The fourth-order valence-corrected chi connectivity index (χ4v) is 4.74. The van der Waals surface area contributed by atoms with E-state index < -0.39 is 23.2 Å². The first-order valence-corrected chi connectivity index (χ1v) is 11.1. The maximum Gasteiger partial charge on any atom is 0.182 e. The van der Waals surface area contributed by atoms with Gasteiger partial charge in [0, 0.05) is 24.4 Å². The zero-order chi connectivity index (χ0) is 23.0. The molecule has 8 heteroatoms. The Labute approximate surface area is 190 Å². The van der Waals surface area contributed by atoms with E-state index in [1.807, 2.05) is 14.1 Å². The predicted molar refractivity (Wildman–Crippen MR) is 120 cm³/mol. The minimum absolute atomic E-state index is 0.0239. The summed E-state index contributed by atoms with van der Waals surface area (Å²) >= 11 is 5.80. The smallest absolute Gasteiger partial charge is 0.182 e. The lowest BCUT2D eigenvalue weighted by molar-refractivity contribution is 0.0992. The quantitative estimate of drug-likeness (QED) is 0.602. The molecule has 0 radical (unpaired) electrons. The second kappa shape index (κ2) is 9.24. The van der Waals surface area contributed by atoms with Crippen molar-refractivity contribution in [2.24, 2.45) is 4.99 Å². The molecule has 2 atom stereocenters. The van der Waals surface area contributed by atoms with Crippen molar-refractivity contribution in [3.05, 3.63) is 63.4 Å². The molecule has 170 valence electrons. The third-order valence-corrected chi connectivity index (χ3v) is 6.57. The van der Waals surface area contributed by atoms with Gasteiger partial charge in [0.1, 0.15) is 11.7 Å². The van der Waals surface area contributed by atoms with Crippen molar-refractivity contribution in [1.82, 2.24) is 4.90 Å². The molecule has 0 saturated heterocycles. The van der Waals surface area contributed by atoms with Crippen molar-refractivity contribution in [1.29, 1.82) is 0 Å². The maximum absolute atomic E-state index is 14.5. The van der Waals surface area contributed by atoms with Crippen LogP contribution in [0.1, 0.15) is 47.2 Å². The Kier molecular flexibility index (Phi) is 6.58. The van der Waals surface area contributed by atoms with E-state index in [2.05, 4.69) is 10.2 Å². The van der Waals surface area contributed by atoms with E-state index in [4.69, 9.17) is 16.6 Å². The lowest BCUT2D eigenvalue weighted by Crippen LogP contribution is -2.35. The highest BCUT2D eigenvalue weighted by atomic mass is 35.5. The molecule has 32 heavy (non-hydrogen) atoms. The Morgan fingerprint density at radius 3 is 2.69 bits per heavy atom. The van der Waals surface area contributed by atoms with Gasteiger partial charge in [-0.2, -0.15) is 0 Å². The minimum Gasteiger partial charge on any atom is -0.341 e. The fraction of sp³-hybridized carbons (Fsp3) is 0.417. The van der Waals surface area contributed by atoms with Crippen LogP contribution in [-0.4, -0.2) is 42.7 Å². The molecule has 4 rings (SSSR count). The van der Waals surface area contributed by atoms with Crippen LogP contribution >= 0.6 is 11.6 Å². The number of nitrogens with one attached hydrogen (secondary N) is 1. The Morgan fingerprint density at radius 1 is 1.19 bits per heavy atom. The van der Waals surface area contributed by atoms with E-state index in [1.165, 1.54) is 18.2 Å². The zero-order valence-corrected chi connectivity index (χ0v) is 18.8. The molecule has 1 heterocycles. The molecule has 2 unspecified atom stereocenters. The molecule has 2 aromatic carbocycles. The number of carbonyl (C=O) groups excluding carboxylic acids is 1. The number of anilines is 1. The Hall–Kier alpha value is -2.38. The molecule has 2 aliphatic rings. The number of halogens is 4. The topological polar surface area (TPSA) is 44.7 Å². The largest absolute Gasteiger partial charge is 0.341 e. The SMILES string of the molecule is CN(C)C1CCCC(N=C2Cc3c(C(=O)Cc4ccc(F)c(Cl)c4)cc(F)c(F)c3N2)C1. The van der Waals surface area contributed by atoms with Crippen LogP contribution in [0.5, 0.6) is 0 Å². The van der Waals surface area contributed by atoms with Crippen LogP contribution in [0.25, 0.3) is 0 Å². The molecular weight excluding hydrogens is 439 g/mol. The number of hydrogen-bond donors (Lipinski definition) is 1. The van der Waals surface area contributed by atoms with Gasteiger partial charge in [-0.3, -0.25) is 9.79 Å². The number of fused-ring (bicyclic) bond motifs is 1. The third kappa shape index (κ3) is 4.69. The highest BCUT2D eigenvalue weighted by Crippen LogP contribution is 2.34. The van der Waals surface area contributed by atoms with E-state index >= 15 is 0 Å². The van der Waals surface area contributed by atoms with E-state index in [-0.39, 0.29) is 35.2 Å². The van der Waals surface area contributed by atoms with E-state index in [0.717, 1.165) is 31.7 Å². The van der Waals surface area contributed by atoms with Crippen molar-refractivity contribution in [3.8, 4) is 0 Å². The van der Waals surface area contributed by atoms with Crippen LogP contribution in [0, 0.1) is 17.5 Å². The van der Waals surface area contributed by atoms with Gasteiger partial charge < -0.3 is 10.2 Å². The van der Waals surface area contributed by atoms with Crippen LogP contribution < -0.4 is 5.32 Å². The Morgan fingerprint density at radius 2 is 1.97 bits per heavy atom. The third-order valence-electron chi connectivity index (χ3n) is 6.28. The number of aliphatic imine (C=N–C) groups is 1. The van der Waals surface area contributed by atoms with Gasteiger partial charge in [-0.25, -0.2) is 13.2 Å². The van der Waals surface area contributed by atoms with Crippen LogP contribution in [0.15, 0.2) is 29.3 Å². The molecular formula is C24H25ClF3N3O. The number of amidine groups is 1. The molecule has 1 aliphatic heterocycles. The highest BCUT2D eigenvalue weighted by Gasteiger charge is 2.30. The lowest BCUT2D eigenvalue weighted by atomic mass is 9.90. The second-order valence-electron chi connectivity index (χ2n) is 8.74. The molecule has 0 bridgehead atoms. The first kappa shape index (κ1) is 22.8. The summed E-state index contributed by atoms with van der Waals surface area (Å²) in [4.78, 5) is 19.9. The first-order chi connectivity index (χ1) is 15.2. The van der Waals surface area contributed by atoms with Gasteiger partial charge in [0.05, 0.1) is 16.8 Å². The van der Waals surface area contributed by atoms with Crippen LogP contribution in [-0.2, 0) is 12.8 Å². The van der Waals surface area contributed by atoms with E-state index in [1.54, 1.807) is 0 Å². The molecule has 1 N–H and O–H groups in total. The van der Waals surface area contributed by atoms with Crippen molar-refractivity contribution in [2.45, 2.75) is 50.6 Å². The van der Waals surface area contributed by atoms with Gasteiger partial charge in [0.2, 0.25) is 0 Å². The van der Waals surface area contributed by atoms with Crippen molar-refractivity contribution in [3.63, 3.8) is 0 Å². The van der Waals surface area contributed by atoms with Gasteiger partial charge in [-0.05, 0) is 69.1 Å². The van der Waals surface area contributed by atoms with Gasteiger partial charge >= 0.3 is 0 Å².